The summed E-state index contributed by atoms with van der Waals surface area (Å²) in [5.41, 5.74) is 1.27. The van der Waals surface area contributed by atoms with Crippen molar-refractivity contribution in [3.8, 4) is 0 Å². The Morgan fingerprint density at radius 2 is 2.15 bits per heavy atom. The van der Waals surface area contributed by atoms with Gasteiger partial charge in [0.05, 0.1) is 4.99 Å². The number of fused-ring (bicyclic) bond motifs is 1. The Balaban J connectivity index is 1.68. The van der Waals surface area contributed by atoms with Crippen LogP contribution in [0.4, 0.5) is 0 Å². The Morgan fingerprint density at radius 3 is 2.78 bits per heavy atom. The number of amides is 1. The van der Waals surface area contributed by atoms with Gasteiger partial charge < -0.3 is 15.2 Å². The number of hydrogen-bond donors (Lipinski definition) is 2. The Hall–Kier alpha value is -2.46. The van der Waals surface area contributed by atoms with Crippen molar-refractivity contribution in [2.24, 2.45) is 0 Å². The molecular formula is C17H17N3O5S2. The van der Waals surface area contributed by atoms with Crippen LogP contribution in [0.15, 0.2) is 35.8 Å². The Morgan fingerprint density at radius 1 is 1.44 bits per heavy atom. The molecule has 1 amide bonds. The second kappa shape index (κ2) is 8.05. The predicted molar refractivity (Wildman–Crippen MR) is 102 cm³/mol. The number of nitrogens with one attached hydrogen (secondary N) is 1. The normalized spacial score (nSPS) is 21.2. The van der Waals surface area contributed by atoms with Gasteiger partial charge in [0.2, 0.25) is 0 Å². The first kappa shape index (κ1) is 19.3. The lowest BCUT2D eigenvalue weighted by molar-refractivity contribution is -0.148. The van der Waals surface area contributed by atoms with E-state index < -0.39 is 18.0 Å². The number of rotatable bonds is 6. The molecule has 0 aliphatic carbocycles. The third-order valence-corrected chi connectivity index (χ3v) is 5.73. The summed E-state index contributed by atoms with van der Waals surface area (Å²) in [5.74, 6) is -1.72. The molecule has 2 atom stereocenters. The van der Waals surface area contributed by atoms with Crippen molar-refractivity contribution in [3.05, 3.63) is 41.4 Å². The smallest absolute Gasteiger partial charge is 0.352 e. The molecule has 0 saturated carbocycles. The molecule has 1 aromatic rings. The van der Waals surface area contributed by atoms with Crippen LogP contribution in [0.5, 0.6) is 0 Å². The molecule has 0 spiro atoms. The number of nitrogens with zero attached hydrogens (tertiary/aromatic N) is 2. The highest BCUT2D eigenvalue weighted by Gasteiger charge is 2.53. The maximum atomic E-state index is 12.6. The van der Waals surface area contributed by atoms with E-state index in [0.29, 0.717) is 22.7 Å². The van der Waals surface area contributed by atoms with Crippen molar-refractivity contribution in [1.29, 1.82) is 0 Å². The highest BCUT2D eigenvalue weighted by Crippen LogP contribution is 2.40. The molecule has 2 N–H and O–H groups in total. The van der Waals surface area contributed by atoms with E-state index in [4.69, 9.17) is 17.0 Å². The second-order valence-corrected chi connectivity index (χ2v) is 7.62. The van der Waals surface area contributed by atoms with Crippen molar-refractivity contribution in [3.63, 3.8) is 0 Å². The molecule has 2 aliphatic rings. The molecule has 142 valence electrons. The summed E-state index contributed by atoms with van der Waals surface area (Å²) in [5, 5.41) is 12.2. The first-order valence-corrected chi connectivity index (χ1v) is 9.56. The van der Waals surface area contributed by atoms with Gasteiger partial charge in [-0.15, -0.1) is 11.8 Å². The molecule has 1 saturated heterocycles. The number of aliphatic carboxylic acids is 1. The van der Waals surface area contributed by atoms with Crippen molar-refractivity contribution in [2.75, 3.05) is 12.4 Å². The highest BCUT2D eigenvalue weighted by molar-refractivity contribution is 8.00. The fourth-order valence-corrected chi connectivity index (χ4v) is 4.51. The predicted octanol–water partition coefficient (Wildman–Crippen LogP) is 0.727. The second-order valence-electron chi connectivity index (χ2n) is 6.02. The summed E-state index contributed by atoms with van der Waals surface area (Å²) in [6.45, 7) is 1.11. The van der Waals surface area contributed by atoms with Crippen LogP contribution in [0.3, 0.4) is 0 Å². The van der Waals surface area contributed by atoms with Gasteiger partial charge in [-0.25, -0.2) is 4.79 Å². The largest absolute Gasteiger partial charge is 0.477 e. The molecule has 27 heavy (non-hydrogen) atoms. The van der Waals surface area contributed by atoms with Crippen LogP contribution >= 0.6 is 24.0 Å². The number of thioether (sulfide) groups is 1. The molecular weight excluding hydrogens is 390 g/mol. The van der Waals surface area contributed by atoms with Gasteiger partial charge in [-0.1, -0.05) is 12.2 Å². The van der Waals surface area contributed by atoms with Crippen molar-refractivity contribution < 1.29 is 24.2 Å². The summed E-state index contributed by atoms with van der Waals surface area (Å²) >= 11 is 6.75. The molecule has 1 fully saturated rings. The standard InChI is InChI=1S/C17H17N3O5S2/c1-9(21)25-7-11-8-27-16-13(15(22)20(16)14(11)17(23)24)19-12(26)6-10-2-4-18-5-3-10/h2-5,13,16H,6-8H2,1H3,(H,19,26)(H,23,24)/t13?,16-/m1/s1. The highest BCUT2D eigenvalue weighted by atomic mass is 32.2. The van der Waals surface area contributed by atoms with Crippen molar-refractivity contribution in [2.45, 2.75) is 24.8 Å². The molecule has 0 aromatic carbocycles. The lowest BCUT2D eigenvalue weighted by Gasteiger charge is -2.49. The Bertz CT molecular complexity index is 827. The van der Waals surface area contributed by atoms with E-state index in [2.05, 4.69) is 10.3 Å². The van der Waals surface area contributed by atoms with Crippen LogP contribution in [0, 0.1) is 0 Å². The van der Waals surface area contributed by atoms with Crippen LogP contribution in [0.2, 0.25) is 0 Å². The van der Waals surface area contributed by atoms with Crippen LogP contribution in [-0.2, 0) is 25.5 Å². The average Bonchev–Trinajstić information content (AvgIpc) is 2.64. The number of esters is 1. The number of carbonyl (C=O) groups is 3. The number of ether oxygens (including phenoxy) is 1. The number of aromatic nitrogens is 1. The SMILES string of the molecule is CC(=O)OCC1=C(C(=O)O)N2C(=O)C(NC(=S)Cc3ccncc3)[C@H]2SC1. The number of carboxylic acid groups (broad SMARTS) is 1. The van der Waals surface area contributed by atoms with Crippen LogP contribution in [-0.4, -0.2) is 61.6 Å². The Kier molecular flexibility index (Phi) is 5.76. The van der Waals surface area contributed by atoms with E-state index in [1.165, 1.54) is 23.6 Å². The molecule has 10 heteroatoms. The first-order chi connectivity index (χ1) is 12.9. The molecule has 1 unspecified atom stereocenters. The van der Waals surface area contributed by atoms with Gasteiger partial charge in [0, 0.05) is 37.1 Å². The van der Waals surface area contributed by atoms with Gasteiger partial charge in [-0.05, 0) is 17.7 Å². The minimum atomic E-state index is -1.21. The van der Waals surface area contributed by atoms with E-state index in [0.717, 1.165) is 5.56 Å². The molecule has 2 aliphatic heterocycles. The van der Waals surface area contributed by atoms with E-state index in [1.807, 2.05) is 12.1 Å². The number of β-lactam (4-membered cyclic amide) rings is 1. The summed E-state index contributed by atoms with van der Waals surface area (Å²) < 4.78 is 4.91. The molecule has 0 radical (unpaired) electrons. The first-order valence-electron chi connectivity index (χ1n) is 8.10. The van der Waals surface area contributed by atoms with Gasteiger partial charge in [0.15, 0.2) is 0 Å². The molecule has 3 heterocycles. The van der Waals surface area contributed by atoms with Gasteiger partial charge in [0.1, 0.15) is 23.7 Å². The minimum absolute atomic E-state index is 0.108. The van der Waals surface area contributed by atoms with E-state index >= 15 is 0 Å². The van der Waals surface area contributed by atoms with E-state index in [-0.39, 0.29) is 23.6 Å². The summed E-state index contributed by atoms with van der Waals surface area (Å²) in [6, 6.07) is 3.10. The number of carbonyl (C=O) groups excluding carboxylic acids is 2. The Labute approximate surface area is 165 Å². The third kappa shape index (κ3) is 4.11. The van der Waals surface area contributed by atoms with Crippen LogP contribution < -0.4 is 5.32 Å². The molecule has 0 bridgehead atoms. The number of pyridine rings is 1. The number of hydrogen-bond acceptors (Lipinski definition) is 7. The maximum absolute atomic E-state index is 12.6. The lowest BCUT2D eigenvalue weighted by atomic mass is 10.0. The quantitative estimate of drug-likeness (QED) is 0.401. The minimum Gasteiger partial charge on any atom is -0.477 e. The van der Waals surface area contributed by atoms with E-state index in [1.54, 1.807) is 12.4 Å². The van der Waals surface area contributed by atoms with Crippen LogP contribution in [0.1, 0.15) is 12.5 Å². The summed E-state index contributed by atoms with van der Waals surface area (Å²) in [6.07, 6.45) is 3.80. The van der Waals surface area contributed by atoms with Gasteiger partial charge >= 0.3 is 11.9 Å². The average molecular weight is 407 g/mol. The van der Waals surface area contributed by atoms with Crippen molar-refractivity contribution >= 4 is 46.8 Å². The van der Waals surface area contributed by atoms with E-state index in [9.17, 15) is 19.5 Å². The maximum Gasteiger partial charge on any atom is 0.352 e. The number of thiocarbonyl (C=S) groups is 1. The molecule has 8 nitrogen and oxygen atoms in total. The zero-order valence-electron chi connectivity index (χ0n) is 14.4. The van der Waals surface area contributed by atoms with Gasteiger partial charge in [-0.3, -0.25) is 19.5 Å². The molecule has 3 rings (SSSR count). The van der Waals surface area contributed by atoms with Crippen LogP contribution in [0.25, 0.3) is 0 Å². The lowest BCUT2D eigenvalue weighted by Crippen LogP contribution is -2.70. The topological polar surface area (TPSA) is 109 Å². The fraction of sp³-hybridized carbons (Fsp3) is 0.353. The zero-order valence-corrected chi connectivity index (χ0v) is 16.0. The summed E-state index contributed by atoms with van der Waals surface area (Å²) in [4.78, 5) is 40.9. The zero-order chi connectivity index (χ0) is 19.6. The van der Waals surface area contributed by atoms with Gasteiger partial charge in [-0.2, -0.15) is 0 Å². The summed E-state index contributed by atoms with van der Waals surface area (Å²) in [7, 11) is 0. The third-order valence-electron chi connectivity index (χ3n) is 4.13. The van der Waals surface area contributed by atoms with Gasteiger partial charge in [0.25, 0.3) is 5.91 Å². The molecule has 1 aromatic heterocycles. The monoisotopic (exact) mass is 407 g/mol. The fourth-order valence-electron chi connectivity index (χ4n) is 2.89. The van der Waals surface area contributed by atoms with Crippen molar-refractivity contribution in [1.82, 2.24) is 15.2 Å². The number of carboxylic acids is 1.